The van der Waals surface area contributed by atoms with E-state index in [2.05, 4.69) is 10.6 Å². The fourth-order valence-electron chi connectivity index (χ4n) is 2.58. The van der Waals surface area contributed by atoms with Gasteiger partial charge in [0, 0.05) is 7.05 Å². The highest BCUT2D eigenvalue weighted by atomic mass is 16.2. The number of anilines is 2. The van der Waals surface area contributed by atoms with Crippen LogP contribution in [0.25, 0.3) is 0 Å². The number of likely N-dealkylation sites (N-methyl/N-ethyl adjacent to an activating group) is 1. The molecule has 0 aromatic heterocycles. The maximum atomic E-state index is 12.8. The van der Waals surface area contributed by atoms with Crippen LogP contribution in [0.4, 0.5) is 11.4 Å². The van der Waals surface area contributed by atoms with Crippen molar-refractivity contribution in [2.75, 3.05) is 23.8 Å². The van der Waals surface area contributed by atoms with E-state index in [-0.39, 0.29) is 18.4 Å². The van der Waals surface area contributed by atoms with Crippen molar-refractivity contribution in [2.24, 2.45) is 0 Å². The number of nitrogens with one attached hydrogen (secondary N) is 2. The second kappa shape index (κ2) is 5.89. The smallest absolute Gasteiger partial charge is 0.254 e. The van der Waals surface area contributed by atoms with Gasteiger partial charge in [0.25, 0.3) is 5.91 Å². The maximum absolute atomic E-state index is 12.8. The summed E-state index contributed by atoms with van der Waals surface area (Å²) in [6.07, 6.45) is 0. The van der Waals surface area contributed by atoms with Crippen LogP contribution in [0.1, 0.15) is 11.6 Å². The molecular weight excluding hydrogens is 278 g/mol. The van der Waals surface area contributed by atoms with Crippen LogP contribution in [0, 0.1) is 0 Å². The molecule has 1 unspecified atom stereocenters. The van der Waals surface area contributed by atoms with Crippen LogP contribution in [-0.4, -0.2) is 25.4 Å². The average Bonchev–Trinajstić information content (AvgIpc) is 2.57. The van der Waals surface area contributed by atoms with Crippen LogP contribution in [0.3, 0.4) is 0 Å². The van der Waals surface area contributed by atoms with Gasteiger partial charge in [0.1, 0.15) is 12.6 Å². The predicted octanol–water partition coefficient (Wildman–Crippen LogP) is 1.93. The molecule has 112 valence electrons. The van der Waals surface area contributed by atoms with Crippen molar-refractivity contribution >= 4 is 23.2 Å². The molecule has 0 radical (unpaired) electrons. The zero-order valence-corrected chi connectivity index (χ0v) is 12.2. The van der Waals surface area contributed by atoms with Crippen LogP contribution in [-0.2, 0) is 9.59 Å². The van der Waals surface area contributed by atoms with E-state index in [1.54, 1.807) is 7.05 Å². The summed E-state index contributed by atoms with van der Waals surface area (Å²) in [6, 6.07) is 16.5. The Kier molecular flexibility index (Phi) is 3.78. The van der Waals surface area contributed by atoms with E-state index in [0.29, 0.717) is 0 Å². The Morgan fingerprint density at radius 2 is 1.82 bits per heavy atom. The molecule has 0 saturated carbocycles. The molecule has 1 heterocycles. The summed E-state index contributed by atoms with van der Waals surface area (Å²) in [5.74, 6) is -0.328. The van der Waals surface area contributed by atoms with Gasteiger partial charge in [-0.2, -0.15) is 0 Å². The second-order valence-electron chi connectivity index (χ2n) is 5.10. The minimum Gasteiger partial charge on any atom is -0.368 e. The summed E-state index contributed by atoms with van der Waals surface area (Å²) < 4.78 is 0. The van der Waals surface area contributed by atoms with Crippen molar-refractivity contribution < 1.29 is 9.59 Å². The molecule has 1 atom stereocenters. The Bertz CT molecular complexity index is 700. The summed E-state index contributed by atoms with van der Waals surface area (Å²) in [5.41, 5.74) is 2.45. The molecule has 0 fully saturated rings. The molecule has 3 rings (SSSR count). The average molecular weight is 295 g/mol. The minimum atomic E-state index is -0.485. The molecule has 2 aromatic carbocycles. The van der Waals surface area contributed by atoms with Gasteiger partial charge in [0.2, 0.25) is 5.91 Å². The van der Waals surface area contributed by atoms with E-state index in [9.17, 15) is 9.59 Å². The van der Waals surface area contributed by atoms with Gasteiger partial charge in [-0.1, -0.05) is 42.5 Å². The Morgan fingerprint density at radius 3 is 2.55 bits per heavy atom. The quantitative estimate of drug-likeness (QED) is 0.909. The third-order valence-corrected chi connectivity index (χ3v) is 3.72. The Labute approximate surface area is 128 Å². The topological polar surface area (TPSA) is 61.4 Å². The van der Waals surface area contributed by atoms with Crippen molar-refractivity contribution in [2.45, 2.75) is 6.04 Å². The first kappa shape index (κ1) is 14.1. The van der Waals surface area contributed by atoms with Crippen LogP contribution in [0.5, 0.6) is 0 Å². The maximum Gasteiger partial charge on any atom is 0.254 e. The summed E-state index contributed by atoms with van der Waals surface area (Å²) in [6.45, 7) is 0.0113. The molecule has 2 aromatic rings. The van der Waals surface area contributed by atoms with Crippen molar-refractivity contribution in [1.29, 1.82) is 0 Å². The fraction of sp³-hybridized carbons (Fsp3) is 0.176. The van der Waals surface area contributed by atoms with Crippen molar-refractivity contribution in [3.05, 3.63) is 60.2 Å². The monoisotopic (exact) mass is 295 g/mol. The van der Waals surface area contributed by atoms with Gasteiger partial charge in [0.15, 0.2) is 0 Å². The zero-order valence-electron chi connectivity index (χ0n) is 12.2. The van der Waals surface area contributed by atoms with Gasteiger partial charge in [-0.05, 0) is 17.7 Å². The molecule has 2 N–H and O–H groups in total. The summed E-state index contributed by atoms with van der Waals surface area (Å²) in [5, 5.41) is 5.83. The van der Waals surface area contributed by atoms with Gasteiger partial charge in [0.05, 0.1) is 11.4 Å². The lowest BCUT2D eigenvalue weighted by atomic mass is 10.0. The molecule has 0 saturated heterocycles. The molecule has 2 amide bonds. The highest BCUT2D eigenvalue weighted by Gasteiger charge is 2.34. The molecular formula is C17H17N3O2. The van der Waals surface area contributed by atoms with E-state index in [0.717, 1.165) is 16.9 Å². The van der Waals surface area contributed by atoms with E-state index in [1.165, 1.54) is 4.90 Å². The van der Waals surface area contributed by atoms with Crippen LogP contribution in [0.2, 0.25) is 0 Å². The Balaban J connectivity index is 2.01. The number of para-hydroxylation sites is 2. The van der Waals surface area contributed by atoms with Gasteiger partial charge in [-0.3, -0.25) is 14.5 Å². The van der Waals surface area contributed by atoms with E-state index < -0.39 is 6.04 Å². The highest BCUT2D eigenvalue weighted by Crippen LogP contribution is 2.36. The number of carbonyl (C=O) groups is 2. The van der Waals surface area contributed by atoms with Gasteiger partial charge < -0.3 is 10.6 Å². The van der Waals surface area contributed by atoms with Crippen molar-refractivity contribution in [1.82, 2.24) is 5.32 Å². The molecule has 22 heavy (non-hydrogen) atoms. The number of amides is 2. The van der Waals surface area contributed by atoms with Crippen LogP contribution < -0.4 is 15.5 Å². The predicted molar refractivity (Wildman–Crippen MR) is 85.7 cm³/mol. The molecule has 5 heteroatoms. The summed E-state index contributed by atoms with van der Waals surface area (Å²) in [4.78, 5) is 26.1. The molecule has 5 nitrogen and oxygen atoms in total. The van der Waals surface area contributed by atoms with E-state index >= 15 is 0 Å². The lowest BCUT2D eigenvalue weighted by molar-refractivity contribution is -0.124. The number of hydrogen-bond acceptors (Lipinski definition) is 3. The Hall–Kier alpha value is -2.82. The summed E-state index contributed by atoms with van der Waals surface area (Å²) in [7, 11) is 1.57. The van der Waals surface area contributed by atoms with E-state index in [1.807, 2.05) is 54.6 Å². The number of carbonyl (C=O) groups excluding carboxylic acids is 2. The molecule has 0 bridgehead atoms. The van der Waals surface area contributed by atoms with E-state index in [4.69, 9.17) is 0 Å². The van der Waals surface area contributed by atoms with Gasteiger partial charge in [-0.25, -0.2) is 0 Å². The standard InChI is InChI=1S/C17H17N3O2/c1-18-15(21)11-20-14-10-6-5-9-13(14)19-16(17(20)22)12-7-3-2-4-8-12/h2-10,16,19H,11H2,1H3,(H,18,21). The molecule has 1 aliphatic rings. The fourth-order valence-corrected chi connectivity index (χ4v) is 2.58. The Morgan fingerprint density at radius 1 is 1.14 bits per heavy atom. The summed E-state index contributed by atoms with van der Waals surface area (Å²) >= 11 is 0. The first-order valence-electron chi connectivity index (χ1n) is 7.13. The van der Waals surface area contributed by atoms with Crippen molar-refractivity contribution in [3.8, 4) is 0 Å². The highest BCUT2D eigenvalue weighted by molar-refractivity contribution is 6.08. The number of benzene rings is 2. The normalized spacial score (nSPS) is 16.7. The molecule has 1 aliphatic heterocycles. The minimum absolute atomic E-state index is 0.0113. The lowest BCUT2D eigenvalue weighted by Gasteiger charge is -2.35. The number of rotatable bonds is 3. The third kappa shape index (κ3) is 2.53. The molecule has 0 aliphatic carbocycles. The van der Waals surface area contributed by atoms with Crippen LogP contribution >= 0.6 is 0 Å². The number of nitrogens with zero attached hydrogens (tertiary/aromatic N) is 1. The zero-order chi connectivity index (χ0) is 15.5. The first-order valence-corrected chi connectivity index (χ1v) is 7.13. The number of hydrogen-bond donors (Lipinski definition) is 2. The lowest BCUT2D eigenvalue weighted by Crippen LogP contribution is -2.46. The van der Waals surface area contributed by atoms with Crippen molar-refractivity contribution in [3.63, 3.8) is 0 Å². The number of fused-ring (bicyclic) bond motifs is 1. The third-order valence-electron chi connectivity index (χ3n) is 3.72. The van der Waals surface area contributed by atoms with Gasteiger partial charge >= 0.3 is 0 Å². The second-order valence-corrected chi connectivity index (χ2v) is 5.10. The van der Waals surface area contributed by atoms with Crippen LogP contribution in [0.15, 0.2) is 54.6 Å². The van der Waals surface area contributed by atoms with Gasteiger partial charge in [-0.15, -0.1) is 0 Å². The largest absolute Gasteiger partial charge is 0.368 e. The molecule has 0 spiro atoms. The SMILES string of the molecule is CNC(=O)CN1C(=O)C(c2ccccc2)Nc2ccccc21. The first-order chi connectivity index (χ1) is 10.7.